The molecule has 0 heterocycles. The molecule has 0 spiro atoms. The van der Waals surface area contributed by atoms with E-state index in [1.54, 1.807) is 0 Å². The van der Waals surface area contributed by atoms with Crippen LogP contribution in [0.4, 0.5) is 0 Å². The van der Waals surface area contributed by atoms with Gasteiger partial charge in [-0.05, 0) is 0 Å². The summed E-state index contributed by atoms with van der Waals surface area (Å²) in [6.45, 7) is 2.06. The first kappa shape index (κ1) is 28.3. The molecule has 0 atom stereocenters. The minimum atomic E-state index is 0. The topological polar surface area (TPSA) is 0 Å². The van der Waals surface area contributed by atoms with Crippen LogP contribution in [0.5, 0.6) is 0 Å². The van der Waals surface area contributed by atoms with Crippen molar-refractivity contribution in [3.8, 4) is 0 Å². The molecule has 0 amide bonds. The summed E-state index contributed by atoms with van der Waals surface area (Å²) in [5.41, 5.74) is 1.27. The summed E-state index contributed by atoms with van der Waals surface area (Å²) in [5.74, 6) is 0. The molecule has 1 radical (unpaired) electrons. The van der Waals surface area contributed by atoms with Crippen molar-refractivity contribution >= 4 is 19.9 Å². The smallest absolute Gasteiger partial charge is 1.00 e. The molecule has 2 aromatic carbocycles. The van der Waals surface area contributed by atoms with Crippen LogP contribution in [0.25, 0.3) is 0 Å². The molecule has 0 nitrogen and oxygen atoms in total. The summed E-state index contributed by atoms with van der Waals surface area (Å²) in [5, 5.41) is 2.90. The van der Waals surface area contributed by atoms with E-state index in [1.165, 1.54) is 15.9 Å². The third kappa shape index (κ3) is 13.8. The van der Waals surface area contributed by atoms with E-state index in [9.17, 15) is 0 Å². The molecule has 4 heteroatoms. The fraction of sp³-hybridized carbons (Fsp3) is 0.130. The van der Waals surface area contributed by atoms with Gasteiger partial charge in [-0.3, -0.25) is 12.2 Å². The predicted molar refractivity (Wildman–Crippen MR) is 107 cm³/mol. The second-order valence-electron chi connectivity index (χ2n) is 5.44. The van der Waals surface area contributed by atoms with Gasteiger partial charge in [-0.25, -0.2) is 23.8 Å². The van der Waals surface area contributed by atoms with Crippen molar-refractivity contribution in [2.24, 2.45) is 0 Å². The molecule has 27 heavy (non-hydrogen) atoms. The van der Waals surface area contributed by atoms with Crippen molar-refractivity contribution in [3.63, 3.8) is 0 Å². The zero-order chi connectivity index (χ0) is 16.9. The van der Waals surface area contributed by atoms with Crippen LogP contribution < -0.4 is 35.2 Å². The van der Waals surface area contributed by atoms with Crippen LogP contribution in [-0.2, 0) is 25.8 Å². The zero-order valence-electron chi connectivity index (χ0n) is 15.4. The van der Waals surface area contributed by atoms with Crippen LogP contribution in [0, 0.1) is 12.2 Å². The van der Waals surface area contributed by atoms with E-state index in [0.717, 1.165) is 12.8 Å². The molecular weight excluding hydrogens is 554 g/mol. The van der Waals surface area contributed by atoms with Gasteiger partial charge in [0, 0.05) is 0 Å². The van der Waals surface area contributed by atoms with E-state index in [0.29, 0.717) is 0 Å². The SMILES string of the molecule is CC1=[C-]CC=C1.[C-]1=CC=CC1.[Cl-].[Cl-].[Hf+4].c1ccc([SiH]c2ccccc2)cc1. The number of halogens is 2. The van der Waals surface area contributed by atoms with Gasteiger partial charge in [-0.1, -0.05) is 78.0 Å². The van der Waals surface area contributed by atoms with Gasteiger partial charge in [-0.2, -0.15) is 12.2 Å². The van der Waals surface area contributed by atoms with Crippen molar-refractivity contribution in [1.29, 1.82) is 0 Å². The maximum atomic E-state index is 3.12. The van der Waals surface area contributed by atoms with Gasteiger partial charge in [0.2, 0.25) is 0 Å². The molecule has 0 bridgehead atoms. The minimum Gasteiger partial charge on any atom is -1.00 e. The zero-order valence-corrected chi connectivity index (χ0v) is 21.7. The maximum Gasteiger partial charge on any atom is 4.00 e. The van der Waals surface area contributed by atoms with Crippen LogP contribution in [0.1, 0.15) is 19.8 Å². The Kier molecular flexibility index (Phi) is 19.3. The second kappa shape index (κ2) is 18.4. The van der Waals surface area contributed by atoms with Gasteiger partial charge in [0.05, 0.1) is 0 Å². The maximum absolute atomic E-state index is 3.12. The van der Waals surface area contributed by atoms with Gasteiger partial charge < -0.3 is 24.8 Å². The van der Waals surface area contributed by atoms with E-state index in [4.69, 9.17) is 0 Å². The van der Waals surface area contributed by atoms with Crippen LogP contribution >= 0.6 is 0 Å². The molecule has 0 saturated heterocycles. The molecule has 0 fully saturated rings. The molecule has 2 aromatic rings. The third-order valence-electron chi connectivity index (χ3n) is 3.38. The molecular formula is C23H23Cl2HfSi. The first-order valence-corrected chi connectivity index (χ1v) is 9.40. The Bertz CT molecular complexity index is 657. The van der Waals surface area contributed by atoms with Gasteiger partial charge >= 0.3 is 25.8 Å². The molecule has 2 aliphatic rings. The van der Waals surface area contributed by atoms with Crippen LogP contribution in [0.3, 0.4) is 0 Å². The number of benzene rings is 2. The largest absolute Gasteiger partial charge is 4.00 e. The van der Waals surface area contributed by atoms with Gasteiger partial charge in [0.25, 0.3) is 0 Å². The normalized spacial score (nSPS) is 12.1. The number of rotatable bonds is 2. The summed E-state index contributed by atoms with van der Waals surface area (Å²) < 4.78 is 0. The summed E-state index contributed by atoms with van der Waals surface area (Å²) in [6.07, 6.45) is 18.3. The Morgan fingerprint density at radius 2 is 1.33 bits per heavy atom. The summed E-state index contributed by atoms with van der Waals surface area (Å²) in [6, 6.07) is 21.3. The number of hydrogen-bond donors (Lipinski definition) is 0. The average molecular weight is 577 g/mol. The van der Waals surface area contributed by atoms with E-state index in [-0.39, 0.29) is 60.2 Å². The fourth-order valence-electron chi connectivity index (χ4n) is 2.15. The third-order valence-corrected chi connectivity index (χ3v) is 4.82. The van der Waals surface area contributed by atoms with Crippen molar-refractivity contribution < 1.29 is 50.7 Å². The van der Waals surface area contributed by atoms with Crippen LogP contribution in [-0.4, -0.2) is 9.52 Å². The molecule has 0 saturated carbocycles. The molecule has 0 aliphatic heterocycles. The molecule has 2 aliphatic carbocycles. The monoisotopic (exact) mass is 577 g/mol. The minimum absolute atomic E-state index is 0. The van der Waals surface area contributed by atoms with E-state index < -0.39 is 0 Å². The van der Waals surface area contributed by atoms with Crippen molar-refractivity contribution in [2.45, 2.75) is 19.8 Å². The van der Waals surface area contributed by atoms with Gasteiger partial charge in [0.15, 0.2) is 0 Å². The second-order valence-corrected chi connectivity index (χ2v) is 7.06. The molecule has 0 unspecified atom stereocenters. The number of allylic oxidation sites excluding steroid dienone is 8. The molecule has 4 rings (SSSR count). The van der Waals surface area contributed by atoms with Crippen molar-refractivity contribution in [3.05, 3.63) is 109 Å². The van der Waals surface area contributed by atoms with Crippen molar-refractivity contribution in [1.82, 2.24) is 0 Å². The molecule has 137 valence electrons. The number of hydrogen-bond acceptors (Lipinski definition) is 0. The summed E-state index contributed by atoms with van der Waals surface area (Å²) in [4.78, 5) is 0. The standard InChI is InChI=1S/C12H11Si.C6H7.C5H5.2ClH.Hf/c1-3-7-11(8-4-1)13-12-9-5-2-6-10-12;1-6-4-2-3-5-6;1-2-4-5-3-1;;;/h1-10,13H;2,4H,3H2,1H3;1-3H,4H2;2*1H;/q;2*-1;;;+4/p-2. The molecule has 0 N–H and O–H groups in total. The molecule has 0 aromatic heterocycles. The summed E-state index contributed by atoms with van der Waals surface area (Å²) >= 11 is 0. The Balaban J connectivity index is 0. The first-order chi connectivity index (χ1) is 11.8. The Labute approximate surface area is 198 Å². The predicted octanol–water partition coefficient (Wildman–Crippen LogP) is -1.92. The van der Waals surface area contributed by atoms with Gasteiger partial charge in [-0.15, -0.1) is 12.8 Å². The van der Waals surface area contributed by atoms with Gasteiger partial charge in [0.1, 0.15) is 9.52 Å². The fourth-order valence-corrected chi connectivity index (χ4v) is 3.36. The van der Waals surface area contributed by atoms with Crippen molar-refractivity contribution in [2.75, 3.05) is 0 Å². The van der Waals surface area contributed by atoms with E-state index in [2.05, 4.69) is 98.0 Å². The van der Waals surface area contributed by atoms with E-state index >= 15 is 0 Å². The van der Waals surface area contributed by atoms with Crippen LogP contribution in [0.2, 0.25) is 0 Å². The van der Waals surface area contributed by atoms with Crippen LogP contribution in [0.15, 0.2) is 96.6 Å². The average Bonchev–Trinajstić information content (AvgIpc) is 3.34. The first-order valence-electron chi connectivity index (χ1n) is 8.25. The Morgan fingerprint density at radius 3 is 1.59 bits per heavy atom. The Morgan fingerprint density at radius 1 is 0.778 bits per heavy atom. The quantitative estimate of drug-likeness (QED) is 0.289. The summed E-state index contributed by atoms with van der Waals surface area (Å²) in [7, 11) is 0.271. The van der Waals surface area contributed by atoms with E-state index in [1.807, 2.05) is 12.2 Å². The Hall–Kier alpha value is -0.933.